The van der Waals surface area contributed by atoms with Gasteiger partial charge >= 0.3 is 0 Å². The van der Waals surface area contributed by atoms with Crippen molar-refractivity contribution in [2.75, 3.05) is 31.6 Å². The number of hydrogen-bond donors (Lipinski definition) is 1. The molecule has 0 saturated carbocycles. The molecule has 1 aliphatic rings. The highest BCUT2D eigenvalue weighted by Crippen LogP contribution is 2.23. The largest absolute Gasteiger partial charge is 0.396 e. The van der Waals surface area contributed by atoms with E-state index in [4.69, 9.17) is 5.11 Å². The molecular weight excluding hydrogens is 228 g/mol. The van der Waals surface area contributed by atoms with Crippen molar-refractivity contribution in [1.82, 2.24) is 4.90 Å². The number of benzene rings is 1. The molecule has 1 fully saturated rings. The quantitative estimate of drug-likeness (QED) is 0.868. The molecule has 0 spiro atoms. The summed E-state index contributed by atoms with van der Waals surface area (Å²) < 4.78 is 0. The summed E-state index contributed by atoms with van der Waals surface area (Å²) in [5.74, 6) is 0.0934. The van der Waals surface area contributed by atoms with E-state index in [0.29, 0.717) is 6.42 Å². The van der Waals surface area contributed by atoms with Crippen molar-refractivity contribution in [3.8, 4) is 0 Å². The Bertz CT molecular complexity index is 416. The Labute approximate surface area is 108 Å². The van der Waals surface area contributed by atoms with Crippen molar-refractivity contribution in [3.05, 3.63) is 29.8 Å². The molecule has 0 radical (unpaired) electrons. The number of nitrogens with zero attached hydrogens (tertiary/aromatic N) is 2. The normalized spacial score (nSPS) is 20.4. The molecular formula is C14H20N2O2. The molecule has 0 aromatic heterocycles. The number of carbonyl (C=O) groups excluding carboxylic acids is 1. The maximum absolute atomic E-state index is 12.1. The zero-order valence-electron chi connectivity index (χ0n) is 11.0. The van der Waals surface area contributed by atoms with E-state index >= 15 is 0 Å². The molecule has 98 valence electrons. The number of aryl methyl sites for hydroxylation is 1. The topological polar surface area (TPSA) is 43.8 Å². The molecule has 0 aliphatic carbocycles. The lowest BCUT2D eigenvalue weighted by Crippen LogP contribution is -2.56. The number of anilines is 1. The summed E-state index contributed by atoms with van der Waals surface area (Å²) in [6.07, 6.45) is 0.483. The zero-order valence-corrected chi connectivity index (χ0v) is 11.0. The third-order valence-electron chi connectivity index (χ3n) is 3.48. The number of amides is 1. The Morgan fingerprint density at radius 3 is 2.56 bits per heavy atom. The molecule has 1 aromatic carbocycles. The first kappa shape index (κ1) is 12.9. The van der Waals surface area contributed by atoms with Crippen LogP contribution in [-0.4, -0.2) is 48.7 Å². The lowest BCUT2D eigenvalue weighted by Gasteiger charge is -2.40. The predicted molar refractivity (Wildman–Crippen MR) is 71.7 cm³/mol. The summed E-state index contributed by atoms with van der Waals surface area (Å²) in [4.78, 5) is 16.0. The van der Waals surface area contributed by atoms with Crippen molar-refractivity contribution < 1.29 is 9.90 Å². The first-order valence-electron chi connectivity index (χ1n) is 6.32. The highest BCUT2D eigenvalue weighted by Gasteiger charge is 2.32. The summed E-state index contributed by atoms with van der Waals surface area (Å²) in [5, 5.41) is 9.13. The second kappa shape index (κ2) is 5.40. The molecule has 1 aliphatic heterocycles. The minimum absolute atomic E-state index is 0.0343. The zero-order chi connectivity index (χ0) is 13.1. The standard InChI is InChI=1S/C14H20N2O2/c1-11-3-5-12(6-4-11)16-9-8-15(2)14(18)13(16)7-10-17/h3-6,13,17H,7-10H2,1-2H3. The van der Waals surface area contributed by atoms with Gasteiger partial charge in [0, 0.05) is 32.4 Å². The van der Waals surface area contributed by atoms with Gasteiger partial charge in [-0.05, 0) is 25.5 Å². The van der Waals surface area contributed by atoms with Crippen molar-refractivity contribution >= 4 is 11.6 Å². The average Bonchev–Trinajstić information content (AvgIpc) is 2.37. The second-order valence-electron chi connectivity index (χ2n) is 4.82. The van der Waals surface area contributed by atoms with E-state index < -0.39 is 0 Å². The predicted octanol–water partition coefficient (Wildman–Crippen LogP) is 1.02. The minimum atomic E-state index is -0.239. The molecule has 1 atom stereocenters. The average molecular weight is 248 g/mol. The van der Waals surface area contributed by atoms with Crippen LogP contribution >= 0.6 is 0 Å². The van der Waals surface area contributed by atoms with Crippen LogP contribution in [0.3, 0.4) is 0 Å². The summed E-state index contributed by atoms with van der Waals surface area (Å²) in [6.45, 7) is 3.63. The van der Waals surface area contributed by atoms with E-state index in [-0.39, 0.29) is 18.6 Å². The molecule has 1 aromatic rings. The van der Waals surface area contributed by atoms with E-state index in [1.54, 1.807) is 4.90 Å². The van der Waals surface area contributed by atoms with Gasteiger partial charge in [0.2, 0.25) is 5.91 Å². The van der Waals surface area contributed by atoms with Crippen LogP contribution < -0.4 is 4.90 Å². The van der Waals surface area contributed by atoms with E-state index in [1.165, 1.54) is 5.56 Å². The van der Waals surface area contributed by atoms with Crippen LogP contribution in [0.2, 0.25) is 0 Å². The number of likely N-dealkylation sites (N-methyl/N-ethyl adjacent to an activating group) is 1. The number of hydrogen-bond acceptors (Lipinski definition) is 3. The van der Waals surface area contributed by atoms with E-state index in [0.717, 1.165) is 18.8 Å². The van der Waals surface area contributed by atoms with Gasteiger partial charge in [-0.25, -0.2) is 0 Å². The van der Waals surface area contributed by atoms with Gasteiger partial charge in [0.25, 0.3) is 0 Å². The number of piperazine rings is 1. The summed E-state index contributed by atoms with van der Waals surface area (Å²) in [7, 11) is 1.82. The fourth-order valence-corrected chi connectivity index (χ4v) is 2.36. The fourth-order valence-electron chi connectivity index (χ4n) is 2.36. The van der Waals surface area contributed by atoms with Crippen LogP contribution in [0.1, 0.15) is 12.0 Å². The summed E-state index contributed by atoms with van der Waals surface area (Å²) in [5.41, 5.74) is 2.26. The van der Waals surface area contributed by atoms with Gasteiger partial charge < -0.3 is 14.9 Å². The SMILES string of the molecule is Cc1ccc(N2CCN(C)C(=O)C2CCO)cc1. The number of aliphatic hydroxyl groups is 1. The fraction of sp³-hybridized carbons (Fsp3) is 0.500. The van der Waals surface area contributed by atoms with Gasteiger partial charge in [0.05, 0.1) is 0 Å². The molecule has 18 heavy (non-hydrogen) atoms. The summed E-state index contributed by atoms with van der Waals surface area (Å²) in [6, 6.07) is 7.94. The van der Waals surface area contributed by atoms with Gasteiger partial charge in [-0.1, -0.05) is 17.7 Å². The number of aliphatic hydroxyl groups excluding tert-OH is 1. The van der Waals surface area contributed by atoms with Crippen molar-refractivity contribution in [2.45, 2.75) is 19.4 Å². The lowest BCUT2D eigenvalue weighted by molar-refractivity contribution is -0.133. The monoisotopic (exact) mass is 248 g/mol. The second-order valence-corrected chi connectivity index (χ2v) is 4.82. The van der Waals surface area contributed by atoms with E-state index in [1.807, 2.05) is 38.2 Å². The smallest absolute Gasteiger partial charge is 0.245 e. The Balaban J connectivity index is 2.24. The van der Waals surface area contributed by atoms with Crippen LogP contribution in [0.4, 0.5) is 5.69 Å². The third kappa shape index (κ3) is 2.48. The first-order valence-corrected chi connectivity index (χ1v) is 6.32. The summed E-state index contributed by atoms with van der Waals surface area (Å²) >= 11 is 0. The van der Waals surface area contributed by atoms with Gasteiger partial charge in [-0.3, -0.25) is 4.79 Å². The van der Waals surface area contributed by atoms with Crippen LogP contribution in [0.15, 0.2) is 24.3 Å². The van der Waals surface area contributed by atoms with Crippen LogP contribution in [-0.2, 0) is 4.79 Å². The third-order valence-corrected chi connectivity index (χ3v) is 3.48. The Kier molecular flexibility index (Phi) is 3.87. The molecule has 4 heteroatoms. The van der Waals surface area contributed by atoms with Crippen molar-refractivity contribution in [2.24, 2.45) is 0 Å². The maximum atomic E-state index is 12.1. The van der Waals surface area contributed by atoms with Gasteiger partial charge in [0.15, 0.2) is 0 Å². The molecule has 4 nitrogen and oxygen atoms in total. The molecule has 0 bridgehead atoms. The molecule has 1 heterocycles. The highest BCUT2D eigenvalue weighted by molar-refractivity contribution is 5.86. The van der Waals surface area contributed by atoms with E-state index in [9.17, 15) is 4.79 Å². The maximum Gasteiger partial charge on any atom is 0.245 e. The molecule has 2 rings (SSSR count). The number of rotatable bonds is 3. The van der Waals surface area contributed by atoms with Crippen molar-refractivity contribution in [1.29, 1.82) is 0 Å². The van der Waals surface area contributed by atoms with Crippen LogP contribution in [0, 0.1) is 6.92 Å². The molecule has 1 saturated heterocycles. The Hall–Kier alpha value is -1.55. The van der Waals surface area contributed by atoms with Gasteiger partial charge in [-0.15, -0.1) is 0 Å². The van der Waals surface area contributed by atoms with E-state index in [2.05, 4.69) is 4.90 Å². The minimum Gasteiger partial charge on any atom is -0.396 e. The Morgan fingerprint density at radius 2 is 1.94 bits per heavy atom. The van der Waals surface area contributed by atoms with Gasteiger partial charge in [-0.2, -0.15) is 0 Å². The molecule has 1 unspecified atom stereocenters. The number of carbonyl (C=O) groups is 1. The van der Waals surface area contributed by atoms with Crippen LogP contribution in [0.5, 0.6) is 0 Å². The molecule has 1 amide bonds. The Morgan fingerprint density at radius 1 is 1.28 bits per heavy atom. The first-order chi connectivity index (χ1) is 8.63. The van der Waals surface area contributed by atoms with Gasteiger partial charge in [0.1, 0.15) is 6.04 Å². The molecule has 1 N–H and O–H groups in total. The highest BCUT2D eigenvalue weighted by atomic mass is 16.3. The van der Waals surface area contributed by atoms with Crippen molar-refractivity contribution in [3.63, 3.8) is 0 Å². The van der Waals surface area contributed by atoms with Crippen LogP contribution in [0.25, 0.3) is 0 Å². The lowest BCUT2D eigenvalue weighted by atomic mass is 10.1.